The molecular formula is C13H17NO. The van der Waals surface area contributed by atoms with Gasteiger partial charge in [0, 0.05) is 0 Å². The van der Waals surface area contributed by atoms with Gasteiger partial charge in [-0.25, -0.2) is 0 Å². The van der Waals surface area contributed by atoms with Gasteiger partial charge in [-0.05, 0) is 38.4 Å². The monoisotopic (exact) mass is 203 g/mol. The molecule has 0 N–H and O–H groups in total. The molecule has 1 heterocycles. The SMILES string of the molecule is CC(=O)[C@@H](c1ccccc1)N1CCCC1. The highest BCUT2D eigenvalue weighted by Gasteiger charge is 2.26. The van der Waals surface area contributed by atoms with Gasteiger partial charge in [0.25, 0.3) is 0 Å². The summed E-state index contributed by atoms with van der Waals surface area (Å²) in [5, 5.41) is 0. The summed E-state index contributed by atoms with van der Waals surface area (Å²) in [5.74, 6) is 0.253. The number of benzene rings is 1. The zero-order chi connectivity index (χ0) is 10.7. The average Bonchev–Trinajstić information content (AvgIpc) is 2.72. The number of hydrogen-bond donors (Lipinski definition) is 0. The molecule has 2 rings (SSSR count). The lowest BCUT2D eigenvalue weighted by atomic mass is 10.0. The Hall–Kier alpha value is -1.15. The molecule has 0 aliphatic carbocycles. The van der Waals surface area contributed by atoms with Gasteiger partial charge in [0.15, 0.2) is 5.78 Å². The third kappa shape index (κ3) is 2.26. The first-order chi connectivity index (χ1) is 7.29. The van der Waals surface area contributed by atoms with E-state index >= 15 is 0 Å². The predicted molar refractivity (Wildman–Crippen MR) is 60.7 cm³/mol. The summed E-state index contributed by atoms with van der Waals surface area (Å²) in [6.07, 6.45) is 2.44. The number of carbonyl (C=O) groups excluding carboxylic acids is 1. The highest BCUT2D eigenvalue weighted by atomic mass is 16.1. The van der Waals surface area contributed by atoms with Crippen LogP contribution in [0.5, 0.6) is 0 Å². The molecule has 0 saturated carbocycles. The van der Waals surface area contributed by atoms with Gasteiger partial charge in [0.2, 0.25) is 0 Å². The summed E-state index contributed by atoms with van der Waals surface area (Å²) >= 11 is 0. The second kappa shape index (κ2) is 4.58. The number of carbonyl (C=O) groups is 1. The molecule has 0 spiro atoms. The smallest absolute Gasteiger partial charge is 0.151 e. The van der Waals surface area contributed by atoms with Crippen molar-refractivity contribution >= 4 is 5.78 Å². The molecule has 1 aromatic rings. The molecule has 1 atom stereocenters. The lowest BCUT2D eigenvalue weighted by Gasteiger charge is -2.25. The van der Waals surface area contributed by atoms with Gasteiger partial charge in [0.1, 0.15) is 0 Å². The number of hydrogen-bond acceptors (Lipinski definition) is 2. The van der Waals surface area contributed by atoms with Crippen molar-refractivity contribution in [2.75, 3.05) is 13.1 Å². The van der Waals surface area contributed by atoms with E-state index in [1.54, 1.807) is 6.92 Å². The van der Waals surface area contributed by atoms with E-state index < -0.39 is 0 Å². The van der Waals surface area contributed by atoms with Gasteiger partial charge in [-0.15, -0.1) is 0 Å². The summed E-state index contributed by atoms with van der Waals surface area (Å²) in [5.41, 5.74) is 1.13. The van der Waals surface area contributed by atoms with Gasteiger partial charge >= 0.3 is 0 Å². The number of ketones is 1. The Morgan fingerprint density at radius 2 is 1.80 bits per heavy atom. The molecule has 15 heavy (non-hydrogen) atoms. The van der Waals surface area contributed by atoms with Crippen molar-refractivity contribution in [1.29, 1.82) is 0 Å². The minimum atomic E-state index is -0.0197. The lowest BCUT2D eigenvalue weighted by Crippen LogP contribution is -2.30. The van der Waals surface area contributed by atoms with Crippen LogP contribution in [0.15, 0.2) is 30.3 Å². The molecular weight excluding hydrogens is 186 g/mol. The van der Waals surface area contributed by atoms with E-state index in [1.807, 2.05) is 30.3 Å². The van der Waals surface area contributed by atoms with Gasteiger partial charge in [-0.3, -0.25) is 9.69 Å². The van der Waals surface area contributed by atoms with Gasteiger partial charge in [-0.2, -0.15) is 0 Å². The molecule has 1 aromatic carbocycles. The van der Waals surface area contributed by atoms with Crippen LogP contribution in [-0.4, -0.2) is 23.8 Å². The van der Waals surface area contributed by atoms with E-state index in [9.17, 15) is 4.79 Å². The van der Waals surface area contributed by atoms with E-state index in [0.29, 0.717) is 0 Å². The maximum Gasteiger partial charge on any atom is 0.151 e. The minimum absolute atomic E-state index is 0.0197. The van der Waals surface area contributed by atoms with Crippen LogP contribution >= 0.6 is 0 Å². The van der Waals surface area contributed by atoms with E-state index in [1.165, 1.54) is 12.8 Å². The van der Waals surface area contributed by atoms with Gasteiger partial charge in [0.05, 0.1) is 6.04 Å². The average molecular weight is 203 g/mol. The van der Waals surface area contributed by atoms with Gasteiger partial charge < -0.3 is 0 Å². The summed E-state index contributed by atoms with van der Waals surface area (Å²) in [6, 6.07) is 10.1. The molecule has 80 valence electrons. The minimum Gasteiger partial charge on any atom is -0.298 e. The molecule has 1 aliphatic rings. The molecule has 1 fully saturated rings. The van der Waals surface area contributed by atoms with Crippen LogP contribution in [0.25, 0.3) is 0 Å². The Kier molecular flexibility index (Phi) is 3.17. The zero-order valence-electron chi connectivity index (χ0n) is 9.15. The molecule has 0 amide bonds. The Balaban J connectivity index is 2.23. The topological polar surface area (TPSA) is 20.3 Å². The Morgan fingerprint density at radius 1 is 1.20 bits per heavy atom. The predicted octanol–water partition coefficient (Wildman–Crippen LogP) is 2.41. The highest BCUT2D eigenvalue weighted by Crippen LogP contribution is 2.25. The highest BCUT2D eigenvalue weighted by molar-refractivity contribution is 5.82. The summed E-state index contributed by atoms with van der Waals surface area (Å²) in [4.78, 5) is 14.0. The van der Waals surface area contributed by atoms with E-state index in [4.69, 9.17) is 0 Å². The van der Waals surface area contributed by atoms with Crippen LogP contribution in [0.3, 0.4) is 0 Å². The third-order valence-electron chi connectivity index (χ3n) is 3.01. The number of Topliss-reactive ketones (excluding diaryl/α,β-unsaturated/α-hetero) is 1. The molecule has 2 nitrogen and oxygen atoms in total. The quantitative estimate of drug-likeness (QED) is 0.752. The number of rotatable bonds is 3. The molecule has 0 bridgehead atoms. The first-order valence-corrected chi connectivity index (χ1v) is 5.58. The molecule has 2 heteroatoms. The fourth-order valence-corrected chi connectivity index (χ4v) is 2.34. The first-order valence-electron chi connectivity index (χ1n) is 5.58. The van der Waals surface area contributed by atoms with Crippen molar-refractivity contribution < 1.29 is 4.79 Å². The zero-order valence-corrected chi connectivity index (χ0v) is 9.15. The molecule has 0 radical (unpaired) electrons. The molecule has 0 unspecified atom stereocenters. The van der Waals surface area contributed by atoms with E-state index in [0.717, 1.165) is 18.7 Å². The maximum absolute atomic E-state index is 11.7. The fraction of sp³-hybridized carbons (Fsp3) is 0.462. The van der Waals surface area contributed by atoms with Crippen LogP contribution in [0.4, 0.5) is 0 Å². The summed E-state index contributed by atoms with van der Waals surface area (Å²) in [7, 11) is 0. The second-order valence-electron chi connectivity index (χ2n) is 4.17. The third-order valence-corrected chi connectivity index (χ3v) is 3.01. The van der Waals surface area contributed by atoms with Crippen molar-refractivity contribution in [2.45, 2.75) is 25.8 Å². The van der Waals surface area contributed by atoms with Crippen molar-refractivity contribution in [1.82, 2.24) is 4.90 Å². The summed E-state index contributed by atoms with van der Waals surface area (Å²) in [6.45, 7) is 3.80. The first kappa shape index (κ1) is 10.4. The fourth-order valence-electron chi connectivity index (χ4n) is 2.34. The lowest BCUT2D eigenvalue weighted by molar-refractivity contribution is -0.122. The number of likely N-dealkylation sites (tertiary alicyclic amines) is 1. The molecule has 1 aliphatic heterocycles. The number of nitrogens with zero attached hydrogens (tertiary/aromatic N) is 1. The van der Waals surface area contributed by atoms with Crippen LogP contribution in [-0.2, 0) is 4.79 Å². The molecule has 0 aromatic heterocycles. The van der Waals surface area contributed by atoms with Crippen LogP contribution < -0.4 is 0 Å². The Labute approximate surface area is 90.9 Å². The maximum atomic E-state index is 11.7. The van der Waals surface area contributed by atoms with Crippen molar-refractivity contribution in [2.24, 2.45) is 0 Å². The van der Waals surface area contributed by atoms with Crippen LogP contribution in [0, 0.1) is 0 Å². The second-order valence-corrected chi connectivity index (χ2v) is 4.17. The van der Waals surface area contributed by atoms with Crippen molar-refractivity contribution in [3.63, 3.8) is 0 Å². The molecule has 1 saturated heterocycles. The summed E-state index contributed by atoms with van der Waals surface area (Å²) < 4.78 is 0. The van der Waals surface area contributed by atoms with Crippen LogP contribution in [0.2, 0.25) is 0 Å². The van der Waals surface area contributed by atoms with E-state index in [2.05, 4.69) is 4.90 Å². The van der Waals surface area contributed by atoms with Crippen LogP contribution in [0.1, 0.15) is 31.4 Å². The van der Waals surface area contributed by atoms with Crippen molar-refractivity contribution in [3.05, 3.63) is 35.9 Å². The Morgan fingerprint density at radius 3 is 2.33 bits per heavy atom. The van der Waals surface area contributed by atoms with Crippen molar-refractivity contribution in [3.8, 4) is 0 Å². The Bertz CT molecular complexity index is 328. The normalized spacial score (nSPS) is 19.0. The van der Waals surface area contributed by atoms with Gasteiger partial charge in [-0.1, -0.05) is 30.3 Å². The largest absolute Gasteiger partial charge is 0.298 e. The standard InChI is InChI=1S/C13H17NO/c1-11(15)13(14-9-5-6-10-14)12-7-3-2-4-8-12/h2-4,7-8,13H,5-6,9-10H2,1H3/t13-/m0/s1. The van der Waals surface area contributed by atoms with E-state index in [-0.39, 0.29) is 11.8 Å².